The topological polar surface area (TPSA) is 118 Å². The molecule has 3 heterocycles. The highest BCUT2D eigenvalue weighted by atomic mass is 16.2. The standard InChI is InChI=1S/C11H11N7O/c12-11(19)17-9-2-1-7-10(16-9)15-8(5-13-7)6-3-4-14-18-6/h1-3,5,14,18H,4H2,(H3,12,15,16,17,19). The van der Waals surface area contributed by atoms with Crippen molar-refractivity contribution in [1.29, 1.82) is 0 Å². The van der Waals surface area contributed by atoms with Crippen LogP contribution in [0.3, 0.4) is 0 Å². The lowest BCUT2D eigenvalue weighted by Gasteiger charge is -2.05. The number of fused-ring (bicyclic) bond motifs is 1. The van der Waals surface area contributed by atoms with Crippen molar-refractivity contribution in [3.05, 3.63) is 30.1 Å². The van der Waals surface area contributed by atoms with E-state index in [1.165, 1.54) is 0 Å². The summed E-state index contributed by atoms with van der Waals surface area (Å²) in [6.07, 6.45) is 3.62. The molecule has 0 saturated carbocycles. The van der Waals surface area contributed by atoms with Crippen LogP contribution < -0.4 is 21.9 Å². The predicted molar refractivity (Wildman–Crippen MR) is 69.7 cm³/mol. The van der Waals surface area contributed by atoms with E-state index in [0.717, 1.165) is 12.2 Å². The van der Waals surface area contributed by atoms with Crippen LogP contribution in [-0.2, 0) is 0 Å². The minimum Gasteiger partial charge on any atom is -0.351 e. The van der Waals surface area contributed by atoms with E-state index in [9.17, 15) is 4.79 Å². The number of hydrogen-bond acceptors (Lipinski definition) is 6. The summed E-state index contributed by atoms with van der Waals surface area (Å²) in [5.41, 5.74) is 13.6. The van der Waals surface area contributed by atoms with Crippen molar-refractivity contribution in [1.82, 2.24) is 25.8 Å². The van der Waals surface area contributed by atoms with Crippen LogP contribution in [0.15, 0.2) is 24.4 Å². The monoisotopic (exact) mass is 257 g/mol. The fourth-order valence-corrected chi connectivity index (χ4v) is 1.74. The highest BCUT2D eigenvalue weighted by molar-refractivity contribution is 5.88. The number of nitrogens with one attached hydrogen (secondary N) is 3. The third-order valence-corrected chi connectivity index (χ3v) is 2.57. The molecule has 0 radical (unpaired) electrons. The number of pyridine rings is 1. The third kappa shape index (κ3) is 2.29. The smallest absolute Gasteiger partial charge is 0.317 e. The molecule has 0 aromatic carbocycles. The Morgan fingerprint density at radius 1 is 1.37 bits per heavy atom. The van der Waals surface area contributed by atoms with Gasteiger partial charge in [0.15, 0.2) is 5.65 Å². The third-order valence-electron chi connectivity index (χ3n) is 2.57. The molecule has 2 aromatic rings. The number of aromatic nitrogens is 3. The Balaban J connectivity index is 2.02. The predicted octanol–water partition coefficient (Wildman–Crippen LogP) is -0.0359. The normalized spacial score (nSPS) is 14.0. The molecule has 0 atom stereocenters. The second kappa shape index (κ2) is 4.50. The molecule has 0 fully saturated rings. The Labute approximate surface area is 108 Å². The molecule has 0 aliphatic carbocycles. The van der Waals surface area contributed by atoms with Crippen LogP contribution in [0.5, 0.6) is 0 Å². The first-order valence-electron chi connectivity index (χ1n) is 5.62. The number of nitrogens with zero attached hydrogens (tertiary/aromatic N) is 3. The van der Waals surface area contributed by atoms with Gasteiger partial charge in [-0.2, -0.15) is 0 Å². The molecule has 8 nitrogen and oxygen atoms in total. The molecular weight excluding hydrogens is 246 g/mol. The Bertz CT molecular complexity index is 682. The van der Waals surface area contributed by atoms with E-state index in [-0.39, 0.29) is 0 Å². The van der Waals surface area contributed by atoms with Gasteiger partial charge in [-0.25, -0.2) is 20.2 Å². The SMILES string of the molecule is NC(=O)Nc1ccc2ncc(C3=CCNN3)nc2n1. The van der Waals surface area contributed by atoms with Crippen LogP contribution in [0.2, 0.25) is 0 Å². The van der Waals surface area contributed by atoms with Crippen molar-refractivity contribution in [2.24, 2.45) is 5.73 Å². The van der Waals surface area contributed by atoms with Gasteiger partial charge in [0.2, 0.25) is 0 Å². The van der Waals surface area contributed by atoms with E-state index in [0.29, 0.717) is 22.7 Å². The zero-order valence-electron chi connectivity index (χ0n) is 9.84. The maximum atomic E-state index is 10.8. The van der Waals surface area contributed by atoms with E-state index in [2.05, 4.69) is 31.1 Å². The summed E-state index contributed by atoms with van der Waals surface area (Å²) in [4.78, 5) is 23.6. The van der Waals surface area contributed by atoms with E-state index >= 15 is 0 Å². The quantitative estimate of drug-likeness (QED) is 0.599. The molecule has 0 unspecified atom stereocenters. The van der Waals surface area contributed by atoms with Crippen molar-refractivity contribution in [3.63, 3.8) is 0 Å². The number of anilines is 1. The Morgan fingerprint density at radius 2 is 2.26 bits per heavy atom. The summed E-state index contributed by atoms with van der Waals surface area (Å²) in [5, 5.41) is 2.40. The Hall–Kier alpha value is -2.74. The summed E-state index contributed by atoms with van der Waals surface area (Å²) >= 11 is 0. The second-order valence-electron chi connectivity index (χ2n) is 3.91. The van der Waals surface area contributed by atoms with Crippen LogP contribution in [0.25, 0.3) is 16.9 Å². The number of urea groups is 1. The molecule has 2 amide bonds. The summed E-state index contributed by atoms with van der Waals surface area (Å²) < 4.78 is 0. The lowest BCUT2D eigenvalue weighted by atomic mass is 10.3. The minimum atomic E-state index is -0.666. The molecular formula is C11H11N7O. The van der Waals surface area contributed by atoms with Crippen molar-refractivity contribution < 1.29 is 4.79 Å². The first kappa shape index (κ1) is 11.4. The van der Waals surface area contributed by atoms with Gasteiger partial charge in [-0.15, -0.1) is 0 Å². The number of hydrogen-bond donors (Lipinski definition) is 4. The molecule has 1 aliphatic heterocycles. The second-order valence-corrected chi connectivity index (χ2v) is 3.91. The van der Waals surface area contributed by atoms with Crippen LogP contribution in [-0.4, -0.2) is 27.5 Å². The number of carbonyl (C=O) groups is 1. The highest BCUT2D eigenvalue weighted by Crippen LogP contribution is 2.15. The molecule has 5 N–H and O–H groups in total. The van der Waals surface area contributed by atoms with Gasteiger partial charge in [0.05, 0.1) is 11.9 Å². The number of amides is 2. The number of carbonyl (C=O) groups excluding carboxylic acids is 1. The maximum Gasteiger partial charge on any atom is 0.317 e. The van der Waals surface area contributed by atoms with E-state index in [1.807, 2.05) is 6.08 Å². The van der Waals surface area contributed by atoms with E-state index < -0.39 is 6.03 Å². The average Bonchev–Trinajstić information content (AvgIpc) is 2.91. The zero-order chi connectivity index (χ0) is 13.2. The molecule has 8 heteroatoms. The summed E-state index contributed by atoms with van der Waals surface area (Å²) in [6, 6.07) is 2.68. The minimum absolute atomic E-state index is 0.345. The van der Waals surface area contributed by atoms with E-state index in [4.69, 9.17) is 5.73 Å². The van der Waals surface area contributed by atoms with Crippen LogP contribution in [0.4, 0.5) is 10.6 Å². The lowest BCUT2D eigenvalue weighted by molar-refractivity contribution is 0.259. The van der Waals surface area contributed by atoms with Gasteiger partial charge in [-0.3, -0.25) is 10.3 Å². The zero-order valence-corrected chi connectivity index (χ0v) is 9.84. The van der Waals surface area contributed by atoms with Gasteiger partial charge in [0.25, 0.3) is 0 Å². The first-order valence-corrected chi connectivity index (χ1v) is 5.62. The molecule has 1 aliphatic rings. The first-order chi connectivity index (χ1) is 9.22. The summed E-state index contributed by atoms with van der Waals surface area (Å²) in [7, 11) is 0. The number of nitrogens with two attached hydrogens (primary N) is 1. The fraction of sp³-hybridized carbons (Fsp3) is 0.0909. The van der Waals surface area contributed by atoms with Crippen molar-refractivity contribution >= 4 is 28.7 Å². The Kier molecular flexibility index (Phi) is 2.69. The largest absolute Gasteiger partial charge is 0.351 e. The molecule has 3 rings (SSSR count). The number of primary amides is 1. The van der Waals surface area contributed by atoms with Gasteiger partial charge < -0.3 is 11.2 Å². The van der Waals surface area contributed by atoms with Crippen molar-refractivity contribution in [3.8, 4) is 0 Å². The number of rotatable bonds is 2. The Morgan fingerprint density at radius 3 is 3.00 bits per heavy atom. The van der Waals surface area contributed by atoms with Crippen molar-refractivity contribution in [2.75, 3.05) is 11.9 Å². The van der Waals surface area contributed by atoms with Crippen LogP contribution in [0.1, 0.15) is 5.69 Å². The van der Waals surface area contributed by atoms with Crippen molar-refractivity contribution in [2.45, 2.75) is 0 Å². The fourth-order valence-electron chi connectivity index (χ4n) is 1.74. The van der Waals surface area contributed by atoms with Gasteiger partial charge in [0, 0.05) is 6.54 Å². The molecule has 2 aromatic heterocycles. The van der Waals surface area contributed by atoms with Gasteiger partial charge in [0.1, 0.15) is 17.0 Å². The lowest BCUT2D eigenvalue weighted by Crippen LogP contribution is -2.23. The highest BCUT2D eigenvalue weighted by Gasteiger charge is 2.10. The summed E-state index contributed by atoms with van der Waals surface area (Å²) in [5.74, 6) is 0.345. The van der Waals surface area contributed by atoms with Crippen LogP contribution >= 0.6 is 0 Å². The molecule has 19 heavy (non-hydrogen) atoms. The van der Waals surface area contributed by atoms with Crippen LogP contribution in [0, 0.1) is 0 Å². The number of hydrazine groups is 1. The van der Waals surface area contributed by atoms with Gasteiger partial charge in [-0.05, 0) is 18.2 Å². The molecule has 0 spiro atoms. The molecule has 0 bridgehead atoms. The molecule has 0 saturated heterocycles. The molecule has 96 valence electrons. The van der Waals surface area contributed by atoms with E-state index in [1.54, 1.807) is 18.3 Å². The average molecular weight is 257 g/mol. The maximum absolute atomic E-state index is 10.8. The van der Waals surface area contributed by atoms with Gasteiger partial charge in [-0.1, -0.05) is 0 Å². The van der Waals surface area contributed by atoms with Gasteiger partial charge >= 0.3 is 6.03 Å². The summed E-state index contributed by atoms with van der Waals surface area (Å²) in [6.45, 7) is 0.728.